The Bertz CT molecular complexity index is 1030. The molecule has 0 aliphatic heterocycles. The maximum atomic E-state index is 14.0. The van der Waals surface area contributed by atoms with Gasteiger partial charge in [0.15, 0.2) is 22.8 Å². The van der Waals surface area contributed by atoms with Crippen LogP contribution in [0, 0.1) is 5.82 Å². The summed E-state index contributed by atoms with van der Waals surface area (Å²) in [5.41, 5.74) is 2.53. The lowest BCUT2D eigenvalue weighted by Crippen LogP contribution is -2.06. The number of hydrogen-bond donors (Lipinski definition) is 1. The van der Waals surface area contributed by atoms with E-state index >= 15 is 0 Å². The Morgan fingerprint density at radius 3 is 2.52 bits per heavy atom. The second-order valence-electron chi connectivity index (χ2n) is 5.52. The smallest absolute Gasteiger partial charge is 0.184 e. The van der Waals surface area contributed by atoms with Gasteiger partial charge in [0.25, 0.3) is 0 Å². The summed E-state index contributed by atoms with van der Waals surface area (Å²) < 4.78 is 15.6. The molecule has 6 nitrogen and oxygen atoms in total. The summed E-state index contributed by atoms with van der Waals surface area (Å²) in [4.78, 5) is 9.12. The van der Waals surface area contributed by atoms with Crippen LogP contribution in [0.5, 0.6) is 0 Å². The van der Waals surface area contributed by atoms with Crippen LogP contribution in [0.3, 0.4) is 0 Å². The molecular formula is C18H15FN6. The number of rotatable bonds is 4. The van der Waals surface area contributed by atoms with Gasteiger partial charge in [-0.2, -0.15) is 0 Å². The number of nitrogens with zero attached hydrogens (tertiary/aromatic N) is 5. The van der Waals surface area contributed by atoms with E-state index in [2.05, 4.69) is 25.6 Å². The third-order valence-electron chi connectivity index (χ3n) is 3.91. The molecular weight excluding hydrogens is 319 g/mol. The Labute approximate surface area is 143 Å². The molecule has 0 fully saturated rings. The van der Waals surface area contributed by atoms with Crippen LogP contribution in [0.25, 0.3) is 22.6 Å². The van der Waals surface area contributed by atoms with Gasteiger partial charge in [0.2, 0.25) is 0 Å². The molecule has 2 heterocycles. The summed E-state index contributed by atoms with van der Waals surface area (Å²) >= 11 is 0. The molecule has 7 heteroatoms. The first-order valence-corrected chi connectivity index (χ1v) is 7.84. The van der Waals surface area contributed by atoms with Crippen molar-refractivity contribution in [2.75, 3.05) is 12.4 Å². The van der Waals surface area contributed by atoms with Gasteiger partial charge in [0.1, 0.15) is 5.82 Å². The van der Waals surface area contributed by atoms with Crippen LogP contribution >= 0.6 is 0 Å². The maximum absolute atomic E-state index is 14.0. The molecule has 1 N–H and O–H groups in total. The van der Waals surface area contributed by atoms with Crippen molar-refractivity contribution in [1.29, 1.82) is 0 Å². The summed E-state index contributed by atoms with van der Waals surface area (Å²) in [7, 11) is 1.77. The van der Waals surface area contributed by atoms with Crippen molar-refractivity contribution >= 4 is 17.0 Å². The molecule has 0 atom stereocenters. The number of halogens is 1. The van der Waals surface area contributed by atoms with E-state index in [9.17, 15) is 4.39 Å². The van der Waals surface area contributed by atoms with E-state index in [1.807, 2.05) is 30.3 Å². The molecule has 124 valence electrons. The number of hydrogen-bond acceptors (Lipinski definition) is 5. The summed E-state index contributed by atoms with van der Waals surface area (Å²) in [5.74, 6) is 0.871. The molecule has 25 heavy (non-hydrogen) atoms. The molecule has 0 spiro atoms. The third kappa shape index (κ3) is 2.80. The molecule has 0 radical (unpaired) electrons. The van der Waals surface area contributed by atoms with Gasteiger partial charge >= 0.3 is 0 Å². The van der Waals surface area contributed by atoms with Gasteiger partial charge < -0.3 is 5.32 Å². The average Bonchev–Trinajstić information content (AvgIpc) is 3.06. The van der Waals surface area contributed by atoms with E-state index < -0.39 is 0 Å². The van der Waals surface area contributed by atoms with E-state index in [0.717, 1.165) is 5.56 Å². The van der Waals surface area contributed by atoms with Gasteiger partial charge in [-0.05, 0) is 6.07 Å². The van der Waals surface area contributed by atoms with Gasteiger partial charge in [-0.25, -0.2) is 19.0 Å². The van der Waals surface area contributed by atoms with Gasteiger partial charge in [0, 0.05) is 18.2 Å². The van der Waals surface area contributed by atoms with Crippen LogP contribution in [0.1, 0.15) is 5.56 Å². The zero-order valence-corrected chi connectivity index (χ0v) is 13.5. The topological polar surface area (TPSA) is 68.5 Å². The first kappa shape index (κ1) is 15.2. The van der Waals surface area contributed by atoms with Crippen molar-refractivity contribution in [2.24, 2.45) is 0 Å². The minimum atomic E-state index is -0.280. The Kier molecular flexibility index (Phi) is 3.81. The highest BCUT2D eigenvalue weighted by molar-refractivity contribution is 5.84. The number of anilines is 1. The maximum Gasteiger partial charge on any atom is 0.184 e. The number of fused-ring (bicyclic) bond motifs is 1. The lowest BCUT2D eigenvalue weighted by atomic mass is 10.2. The first-order valence-electron chi connectivity index (χ1n) is 7.84. The predicted molar refractivity (Wildman–Crippen MR) is 93.6 cm³/mol. The average molecular weight is 334 g/mol. The van der Waals surface area contributed by atoms with Crippen molar-refractivity contribution in [3.8, 4) is 11.4 Å². The van der Waals surface area contributed by atoms with Gasteiger partial charge in [-0.1, -0.05) is 53.7 Å². The Morgan fingerprint density at radius 2 is 1.76 bits per heavy atom. The Hall–Kier alpha value is -3.35. The highest BCUT2D eigenvalue weighted by atomic mass is 19.1. The second kappa shape index (κ2) is 6.27. The van der Waals surface area contributed by atoms with Crippen molar-refractivity contribution < 1.29 is 4.39 Å². The third-order valence-corrected chi connectivity index (χ3v) is 3.91. The quantitative estimate of drug-likeness (QED) is 0.621. The largest absolute Gasteiger partial charge is 0.371 e. The number of aromatic nitrogens is 5. The molecule has 4 rings (SSSR count). The van der Waals surface area contributed by atoms with Crippen LogP contribution in [-0.2, 0) is 6.54 Å². The fourth-order valence-corrected chi connectivity index (χ4v) is 2.64. The molecule has 0 amide bonds. The summed E-state index contributed by atoms with van der Waals surface area (Å²) in [6.45, 7) is 0.248. The van der Waals surface area contributed by atoms with Crippen molar-refractivity contribution in [2.45, 2.75) is 6.54 Å². The first-order chi connectivity index (χ1) is 12.3. The molecule has 2 aromatic carbocycles. The van der Waals surface area contributed by atoms with Crippen LogP contribution < -0.4 is 5.32 Å². The summed E-state index contributed by atoms with van der Waals surface area (Å²) in [5, 5.41) is 11.3. The van der Waals surface area contributed by atoms with Gasteiger partial charge in [0.05, 0.1) is 6.54 Å². The lowest BCUT2D eigenvalue weighted by molar-refractivity contribution is 0.582. The van der Waals surface area contributed by atoms with Crippen molar-refractivity contribution in [1.82, 2.24) is 25.0 Å². The van der Waals surface area contributed by atoms with E-state index in [4.69, 9.17) is 0 Å². The minimum absolute atomic E-state index is 0.248. The molecule has 2 aromatic heterocycles. The molecule has 0 bridgehead atoms. The fraction of sp³-hybridized carbons (Fsp3) is 0.111. The zero-order chi connectivity index (χ0) is 17.2. The van der Waals surface area contributed by atoms with Crippen LogP contribution in [0.2, 0.25) is 0 Å². The lowest BCUT2D eigenvalue weighted by Gasteiger charge is -2.07. The molecule has 0 saturated heterocycles. The second-order valence-corrected chi connectivity index (χ2v) is 5.52. The standard InChI is InChI=1S/C18H15FN6/c1-20-17-15-18(22-16(21-17)12-7-3-2-4-8-12)25(24-23-15)11-13-9-5-6-10-14(13)19/h2-10H,11H2,1H3,(H,20,21,22). The molecule has 0 saturated carbocycles. The normalized spacial score (nSPS) is 11.0. The zero-order valence-electron chi connectivity index (χ0n) is 13.5. The summed E-state index contributed by atoms with van der Waals surface area (Å²) in [6.07, 6.45) is 0. The monoisotopic (exact) mass is 334 g/mol. The van der Waals surface area contributed by atoms with Crippen LogP contribution in [0.15, 0.2) is 54.6 Å². The van der Waals surface area contributed by atoms with Crippen molar-refractivity contribution in [3.05, 3.63) is 66.0 Å². The molecule has 0 aliphatic carbocycles. The number of benzene rings is 2. The Morgan fingerprint density at radius 1 is 1.00 bits per heavy atom. The summed E-state index contributed by atoms with van der Waals surface area (Å²) in [6, 6.07) is 16.3. The minimum Gasteiger partial charge on any atom is -0.371 e. The highest BCUT2D eigenvalue weighted by Crippen LogP contribution is 2.23. The van der Waals surface area contributed by atoms with Crippen LogP contribution in [-0.4, -0.2) is 32.0 Å². The van der Waals surface area contributed by atoms with E-state index in [1.54, 1.807) is 29.9 Å². The Balaban J connectivity index is 1.85. The fourth-order valence-electron chi connectivity index (χ4n) is 2.64. The molecule has 4 aromatic rings. The van der Waals surface area contributed by atoms with E-state index in [0.29, 0.717) is 28.4 Å². The number of nitrogens with one attached hydrogen (secondary N) is 1. The predicted octanol–water partition coefficient (Wildman–Crippen LogP) is 3.12. The van der Waals surface area contributed by atoms with E-state index in [-0.39, 0.29) is 12.4 Å². The SMILES string of the molecule is CNc1nc(-c2ccccc2)nc2c1nnn2Cc1ccccc1F. The van der Waals surface area contributed by atoms with Gasteiger partial charge in [-0.3, -0.25) is 0 Å². The van der Waals surface area contributed by atoms with Crippen LogP contribution in [0.4, 0.5) is 10.2 Å². The molecule has 0 aliphatic rings. The van der Waals surface area contributed by atoms with Crippen molar-refractivity contribution in [3.63, 3.8) is 0 Å². The van der Waals surface area contributed by atoms with E-state index in [1.165, 1.54) is 6.07 Å². The highest BCUT2D eigenvalue weighted by Gasteiger charge is 2.15. The van der Waals surface area contributed by atoms with Gasteiger partial charge in [-0.15, -0.1) is 5.10 Å². The molecule has 0 unspecified atom stereocenters.